The van der Waals surface area contributed by atoms with E-state index in [0.29, 0.717) is 19.4 Å². The molecule has 6 nitrogen and oxygen atoms in total. The van der Waals surface area contributed by atoms with E-state index in [1.54, 1.807) is 6.92 Å². The summed E-state index contributed by atoms with van der Waals surface area (Å²) in [5.41, 5.74) is -2.77. The van der Waals surface area contributed by atoms with Crippen LogP contribution >= 0.6 is 0 Å². The molecule has 0 aromatic carbocycles. The van der Waals surface area contributed by atoms with Crippen molar-refractivity contribution in [2.75, 3.05) is 6.61 Å². The molecule has 0 amide bonds. The Balaban J connectivity index is 1.89. The van der Waals surface area contributed by atoms with Gasteiger partial charge >= 0.3 is 0 Å². The number of hydrogen-bond donors (Lipinski definition) is 2. The van der Waals surface area contributed by atoms with Gasteiger partial charge in [0.2, 0.25) is 0 Å². The summed E-state index contributed by atoms with van der Waals surface area (Å²) in [7, 11) is 0. The fourth-order valence-electron chi connectivity index (χ4n) is 7.33. The maximum Gasteiger partial charge on any atom is 0.174 e. The van der Waals surface area contributed by atoms with Gasteiger partial charge in [0.1, 0.15) is 17.7 Å². The lowest BCUT2D eigenvalue weighted by Crippen LogP contribution is -2.70. The normalized spacial score (nSPS) is 51.1. The average molecular weight is 378 g/mol. The second-order valence-electron chi connectivity index (χ2n) is 9.84. The van der Waals surface area contributed by atoms with Crippen LogP contribution < -0.4 is 0 Å². The standard InChI is InChI=1S/C21H30O6/c1-5-27-15-10-8-11(22)16-20(4)7-6-13(23)19(2,3)12(20)9-14(24)21(16,17(10)25)18(15)26/h10,12,14-17,24-25H,5-9H2,1-4H3/t10-,12+,14+,15-,16-,17+,20+,21-/m0/s1. The van der Waals surface area contributed by atoms with Crippen molar-refractivity contribution < 1.29 is 29.3 Å². The Labute approximate surface area is 159 Å². The minimum Gasteiger partial charge on any atom is -0.392 e. The number of fused-ring (bicyclic) bond motifs is 3. The zero-order valence-electron chi connectivity index (χ0n) is 16.5. The molecule has 0 aromatic rings. The molecule has 0 heterocycles. The molecule has 4 fully saturated rings. The molecule has 0 unspecified atom stereocenters. The highest BCUT2D eigenvalue weighted by Gasteiger charge is 2.78. The number of ether oxygens (including phenoxy) is 1. The Morgan fingerprint density at radius 3 is 2.44 bits per heavy atom. The monoisotopic (exact) mass is 378 g/mol. The Morgan fingerprint density at radius 2 is 1.81 bits per heavy atom. The molecule has 0 aliphatic heterocycles. The highest BCUT2D eigenvalue weighted by Crippen LogP contribution is 2.69. The molecular formula is C21H30O6. The van der Waals surface area contributed by atoms with Crippen molar-refractivity contribution in [3.63, 3.8) is 0 Å². The smallest absolute Gasteiger partial charge is 0.174 e. The van der Waals surface area contributed by atoms with E-state index >= 15 is 0 Å². The minimum atomic E-state index is -1.50. The molecule has 0 aromatic heterocycles. The first-order valence-corrected chi connectivity index (χ1v) is 10.1. The van der Waals surface area contributed by atoms with Crippen LogP contribution in [0.2, 0.25) is 0 Å². The van der Waals surface area contributed by atoms with Crippen molar-refractivity contribution in [3.8, 4) is 0 Å². The second kappa shape index (κ2) is 5.71. The molecule has 6 heteroatoms. The third kappa shape index (κ3) is 2.04. The van der Waals surface area contributed by atoms with Crippen LogP contribution in [-0.4, -0.2) is 52.5 Å². The van der Waals surface area contributed by atoms with Crippen LogP contribution in [0.3, 0.4) is 0 Å². The van der Waals surface area contributed by atoms with E-state index in [2.05, 4.69) is 0 Å². The minimum absolute atomic E-state index is 0.0720. The third-order valence-electron chi connectivity index (χ3n) is 8.50. The number of rotatable bonds is 2. The SMILES string of the molecule is CCO[C@@H]1C(=O)[C@@]23[C@H](O)C[C@@H]4C(C)(C)C(=O)CC[C@@]4(C)[C@@H]2C(=O)C[C@@H]1[C@H]3O. The van der Waals surface area contributed by atoms with E-state index in [9.17, 15) is 24.6 Å². The number of aliphatic hydroxyl groups is 2. The number of ketones is 3. The molecule has 2 bridgehead atoms. The second-order valence-corrected chi connectivity index (χ2v) is 9.84. The Morgan fingerprint density at radius 1 is 1.15 bits per heavy atom. The van der Waals surface area contributed by atoms with Gasteiger partial charge in [0.15, 0.2) is 5.78 Å². The van der Waals surface area contributed by atoms with E-state index < -0.39 is 46.4 Å². The quantitative estimate of drug-likeness (QED) is 0.751. The first-order valence-electron chi connectivity index (χ1n) is 10.1. The summed E-state index contributed by atoms with van der Waals surface area (Å²) in [5, 5.41) is 22.4. The van der Waals surface area contributed by atoms with Crippen molar-refractivity contribution in [1.82, 2.24) is 0 Å². The number of Topliss-reactive ketones (excluding diaryl/α,β-unsaturated/α-hetero) is 3. The maximum atomic E-state index is 13.5. The van der Waals surface area contributed by atoms with E-state index in [4.69, 9.17) is 4.74 Å². The Kier molecular flexibility index (Phi) is 4.06. The molecular weight excluding hydrogens is 348 g/mol. The fourth-order valence-corrected chi connectivity index (χ4v) is 7.33. The van der Waals surface area contributed by atoms with Gasteiger partial charge in [-0.3, -0.25) is 14.4 Å². The van der Waals surface area contributed by atoms with Gasteiger partial charge in [-0.05, 0) is 31.1 Å². The summed E-state index contributed by atoms with van der Waals surface area (Å²) in [6, 6.07) is 0. The summed E-state index contributed by atoms with van der Waals surface area (Å²) < 4.78 is 5.64. The van der Waals surface area contributed by atoms with Gasteiger partial charge in [0.25, 0.3) is 0 Å². The van der Waals surface area contributed by atoms with Crippen LogP contribution in [0.5, 0.6) is 0 Å². The topological polar surface area (TPSA) is 101 Å². The molecule has 1 spiro atoms. The lowest BCUT2D eigenvalue weighted by atomic mass is 9.39. The van der Waals surface area contributed by atoms with E-state index in [-0.39, 0.29) is 36.1 Å². The third-order valence-corrected chi connectivity index (χ3v) is 8.50. The summed E-state index contributed by atoms with van der Waals surface area (Å²) >= 11 is 0. The van der Waals surface area contributed by atoms with E-state index in [0.717, 1.165) is 0 Å². The first-order chi connectivity index (χ1) is 12.5. The molecule has 0 radical (unpaired) electrons. The van der Waals surface area contributed by atoms with Gasteiger partial charge < -0.3 is 14.9 Å². The summed E-state index contributed by atoms with van der Waals surface area (Å²) in [5.74, 6) is -1.82. The summed E-state index contributed by atoms with van der Waals surface area (Å²) in [6.07, 6.45) is -1.87. The maximum absolute atomic E-state index is 13.5. The first kappa shape index (κ1) is 19.2. The molecule has 2 N–H and O–H groups in total. The van der Waals surface area contributed by atoms with Crippen LogP contribution in [0.25, 0.3) is 0 Å². The zero-order chi connectivity index (χ0) is 19.9. The fraction of sp³-hybridized carbons (Fsp3) is 0.857. The molecule has 4 saturated carbocycles. The van der Waals surface area contributed by atoms with E-state index in [1.165, 1.54) is 0 Å². The zero-order valence-corrected chi connectivity index (χ0v) is 16.5. The highest BCUT2D eigenvalue weighted by molar-refractivity contribution is 6.02. The van der Waals surface area contributed by atoms with Crippen molar-refractivity contribution in [2.45, 2.75) is 71.7 Å². The molecule has 4 rings (SSSR count). The molecule has 8 atom stereocenters. The summed E-state index contributed by atoms with van der Waals surface area (Å²) in [6.45, 7) is 7.84. The number of carbonyl (C=O) groups excluding carboxylic acids is 3. The van der Waals surface area contributed by atoms with Crippen LogP contribution in [-0.2, 0) is 19.1 Å². The molecule has 4 aliphatic rings. The average Bonchev–Trinajstić information content (AvgIpc) is 2.72. The Bertz CT molecular complexity index is 713. The van der Waals surface area contributed by atoms with Gasteiger partial charge in [0.05, 0.1) is 17.6 Å². The highest BCUT2D eigenvalue weighted by atomic mass is 16.5. The van der Waals surface area contributed by atoms with Gasteiger partial charge in [0, 0.05) is 36.7 Å². The van der Waals surface area contributed by atoms with Gasteiger partial charge in [-0.15, -0.1) is 0 Å². The van der Waals surface area contributed by atoms with Crippen LogP contribution in [0.4, 0.5) is 0 Å². The van der Waals surface area contributed by atoms with Crippen LogP contribution in [0, 0.1) is 34.0 Å². The number of carbonyl (C=O) groups is 3. The van der Waals surface area contributed by atoms with Crippen molar-refractivity contribution in [1.29, 1.82) is 0 Å². The van der Waals surface area contributed by atoms with Crippen molar-refractivity contribution >= 4 is 17.3 Å². The molecule has 0 saturated heterocycles. The van der Waals surface area contributed by atoms with Crippen LogP contribution in [0.15, 0.2) is 0 Å². The molecule has 4 aliphatic carbocycles. The van der Waals surface area contributed by atoms with E-state index in [1.807, 2.05) is 20.8 Å². The van der Waals surface area contributed by atoms with Gasteiger partial charge in [-0.1, -0.05) is 20.8 Å². The predicted octanol–water partition coefficient (Wildman–Crippen LogP) is 1.30. The van der Waals surface area contributed by atoms with Gasteiger partial charge in [-0.2, -0.15) is 0 Å². The lowest BCUT2D eigenvalue weighted by molar-refractivity contribution is -0.219. The Hall–Kier alpha value is -1.11. The number of hydrogen-bond acceptors (Lipinski definition) is 6. The lowest BCUT2D eigenvalue weighted by Gasteiger charge is -2.63. The van der Waals surface area contributed by atoms with Crippen molar-refractivity contribution in [2.24, 2.45) is 34.0 Å². The van der Waals surface area contributed by atoms with Gasteiger partial charge in [-0.25, -0.2) is 0 Å². The van der Waals surface area contributed by atoms with Crippen LogP contribution in [0.1, 0.15) is 53.4 Å². The predicted molar refractivity (Wildman–Crippen MR) is 95.7 cm³/mol. The molecule has 150 valence electrons. The number of aliphatic hydroxyl groups excluding tert-OH is 2. The largest absolute Gasteiger partial charge is 0.392 e. The van der Waals surface area contributed by atoms with Crippen molar-refractivity contribution in [3.05, 3.63) is 0 Å². The molecule has 27 heavy (non-hydrogen) atoms. The summed E-state index contributed by atoms with van der Waals surface area (Å²) in [4.78, 5) is 39.4.